The smallest absolute Gasteiger partial charge is 0.0575 e. The molecule has 1 nitrogen and oxygen atoms in total. The minimum atomic E-state index is 0.592. The second-order valence-electron chi connectivity index (χ2n) is 7.33. The average Bonchev–Trinajstić information content (AvgIpc) is 2.49. The Morgan fingerprint density at radius 3 is 1.90 bits per heavy atom. The second-order valence-corrected chi connectivity index (χ2v) is 7.33. The van der Waals surface area contributed by atoms with Crippen molar-refractivity contribution in [3.05, 3.63) is 0 Å². The summed E-state index contributed by atoms with van der Waals surface area (Å²) in [5.41, 5.74) is 0. The summed E-state index contributed by atoms with van der Waals surface area (Å²) in [4.78, 5) is 0. The Bertz CT molecular complexity index is 234. The molecule has 2 rings (SSSR count). The van der Waals surface area contributed by atoms with E-state index in [1.54, 1.807) is 0 Å². The number of ether oxygens (including phenoxy) is 1. The van der Waals surface area contributed by atoms with Gasteiger partial charge in [-0.3, -0.25) is 0 Å². The fourth-order valence-corrected chi connectivity index (χ4v) is 4.48. The highest BCUT2D eigenvalue weighted by atomic mass is 16.5. The molecule has 0 aromatic carbocycles. The lowest BCUT2D eigenvalue weighted by Gasteiger charge is -2.37. The Labute approximate surface area is 126 Å². The lowest BCUT2D eigenvalue weighted by molar-refractivity contribution is 0.00579. The maximum Gasteiger partial charge on any atom is 0.0575 e. The fourth-order valence-electron chi connectivity index (χ4n) is 4.48. The Morgan fingerprint density at radius 2 is 1.35 bits per heavy atom. The summed E-state index contributed by atoms with van der Waals surface area (Å²) in [7, 11) is 0. The Kier molecular flexibility index (Phi) is 7.41. The largest absolute Gasteiger partial charge is 0.378 e. The van der Waals surface area contributed by atoms with Gasteiger partial charge in [0.1, 0.15) is 0 Å². The predicted molar refractivity (Wildman–Crippen MR) is 87.0 cm³/mol. The van der Waals surface area contributed by atoms with Crippen molar-refractivity contribution in [3.8, 4) is 0 Å². The van der Waals surface area contributed by atoms with Crippen molar-refractivity contribution in [2.24, 2.45) is 17.8 Å². The zero-order valence-corrected chi connectivity index (χ0v) is 13.9. The summed E-state index contributed by atoms with van der Waals surface area (Å²) in [5, 5.41) is 0. The van der Waals surface area contributed by atoms with Crippen LogP contribution in [0.5, 0.6) is 0 Å². The molecule has 0 saturated heterocycles. The van der Waals surface area contributed by atoms with Crippen LogP contribution >= 0.6 is 0 Å². The average molecular weight is 280 g/mol. The van der Waals surface area contributed by atoms with Gasteiger partial charge < -0.3 is 4.74 Å². The third-order valence-corrected chi connectivity index (χ3v) is 5.83. The third kappa shape index (κ3) is 5.06. The number of hydrogen-bond donors (Lipinski definition) is 0. The van der Waals surface area contributed by atoms with Crippen molar-refractivity contribution < 1.29 is 4.74 Å². The lowest BCUT2D eigenvalue weighted by Crippen LogP contribution is -2.28. The number of hydrogen-bond acceptors (Lipinski definition) is 1. The molecule has 0 bridgehead atoms. The molecule has 0 spiro atoms. The van der Waals surface area contributed by atoms with E-state index in [1.807, 2.05) is 0 Å². The zero-order valence-electron chi connectivity index (χ0n) is 13.9. The van der Waals surface area contributed by atoms with Gasteiger partial charge in [0.05, 0.1) is 6.10 Å². The van der Waals surface area contributed by atoms with Crippen LogP contribution in [-0.2, 0) is 4.74 Å². The minimum absolute atomic E-state index is 0.592. The first kappa shape index (κ1) is 16.3. The van der Waals surface area contributed by atoms with E-state index in [0.717, 1.165) is 24.4 Å². The lowest BCUT2D eigenvalue weighted by atomic mass is 9.70. The Hall–Kier alpha value is -0.0400. The summed E-state index contributed by atoms with van der Waals surface area (Å²) in [6.45, 7) is 5.58. The molecule has 0 aliphatic heterocycles. The van der Waals surface area contributed by atoms with Crippen LogP contribution in [-0.4, -0.2) is 12.7 Å². The molecule has 1 heteroatoms. The molecular weight excluding hydrogens is 244 g/mol. The van der Waals surface area contributed by atoms with Crippen LogP contribution in [0.25, 0.3) is 0 Å². The van der Waals surface area contributed by atoms with Gasteiger partial charge in [-0.25, -0.2) is 0 Å². The highest BCUT2D eigenvalue weighted by molar-refractivity contribution is 4.82. The molecule has 0 radical (unpaired) electrons. The van der Waals surface area contributed by atoms with Gasteiger partial charge >= 0.3 is 0 Å². The topological polar surface area (TPSA) is 9.23 Å². The summed E-state index contributed by atoms with van der Waals surface area (Å²) in [6, 6.07) is 0. The van der Waals surface area contributed by atoms with Crippen molar-refractivity contribution in [1.82, 2.24) is 0 Å². The molecule has 2 aliphatic rings. The van der Waals surface area contributed by atoms with Crippen LogP contribution in [0.4, 0.5) is 0 Å². The van der Waals surface area contributed by atoms with Crippen LogP contribution in [0.2, 0.25) is 0 Å². The standard InChI is InChI=1S/C19H36O/c1-3-5-15-20-19-13-11-18(12-14-19)17-9-7-16(6-4-2)8-10-17/h16-19H,3-15H2,1-2H3/t16?,17?,18-,19-. The molecule has 0 atom stereocenters. The van der Waals surface area contributed by atoms with Crippen molar-refractivity contribution in [3.63, 3.8) is 0 Å². The summed E-state index contributed by atoms with van der Waals surface area (Å²) in [5.74, 6) is 3.15. The van der Waals surface area contributed by atoms with Gasteiger partial charge in [0.2, 0.25) is 0 Å². The van der Waals surface area contributed by atoms with Crippen LogP contribution in [0.1, 0.15) is 90.9 Å². The number of rotatable bonds is 7. The van der Waals surface area contributed by atoms with Crippen molar-refractivity contribution in [1.29, 1.82) is 0 Å². The van der Waals surface area contributed by atoms with Crippen LogP contribution < -0.4 is 0 Å². The van der Waals surface area contributed by atoms with Gasteiger partial charge in [-0.2, -0.15) is 0 Å². The Morgan fingerprint density at radius 1 is 0.750 bits per heavy atom. The van der Waals surface area contributed by atoms with Crippen molar-refractivity contribution >= 4 is 0 Å². The van der Waals surface area contributed by atoms with Gasteiger partial charge in [0.15, 0.2) is 0 Å². The zero-order chi connectivity index (χ0) is 14.2. The van der Waals surface area contributed by atoms with Gasteiger partial charge in [0.25, 0.3) is 0 Å². The van der Waals surface area contributed by atoms with E-state index >= 15 is 0 Å². The molecule has 0 aromatic rings. The third-order valence-electron chi connectivity index (χ3n) is 5.83. The quantitative estimate of drug-likeness (QED) is 0.522. The maximum atomic E-state index is 6.01. The van der Waals surface area contributed by atoms with E-state index in [-0.39, 0.29) is 0 Å². The SMILES string of the molecule is CCCCO[C@H]1CC[C@H](C2CCC(CCC)CC2)CC1. The summed E-state index contributed by atoms with van der Waals surface area (Å²) in [6.07, 6.45) is 17.6. The molecule has 0 aromatic heterocycles. The molecule has 2 aliphatic carbocycles. The summed E-state index contributed by atoms with van der Waals surface area (Å²) < 4.78 is 6.01. The van der Waals surface area contributed by atoms with Gasteiger partial charge in [0, 0.05) is 6.61 Å². The molecule has 20 heavy (non-hydrogen) atoms. The molecular formula is C19H36O. The van der Waals surface area contributed by atoms with Gasteiger partial charge in [-0.1, -0.05) is 46.0 Å². The molecule has 2 saturated carbocycles. The predicted octanol–water partition coefficient (Wildman–Crippen LogP) is 5.97. The Balaban J connectivity index is 1.62. The van der Waals surface area contributed by atoms with E-state index < -0.39 is 0 Å². The fraction of sp³-hybridized carbons (Fsp3) is 1.00. The van der Waals surface area contributed by atoms with E-state index in [1.165, 1.54) is 77.0 Å². The van der Waals surface area contributed by atoms with E-state index in [4.69, 9.17) is 4.74 Å². The highest BCUT2D eigenvalue weighted by Crippen LogP contribution is 2.41. The second kappa shape index (κ2) is 9.07. The number of unbranched alkanes of at least 4 members (excludes halogenated alkanes) is 1. The molecule has 0 N–H and O–H groups in total. The van der Waals surface area contributed by atoms with E-state index in [9.17, 15) is 0 Å². The van der Waals surface area contributed by atoms with Crippen LogP contribution in [0, 0.1) is 17.8 Å². The monoisotopic (exact) mass is 280 g/mol. The van der Waals surface area contributed by atoms with Gasteiger partial charge in [-0.15, -0.1) is 0 Å². The molecule has 0 unspecified atom stereocenters. The van der Waals surface area contributed by atoms with Crippen LogP contribution in [0.3, 0.4) is 0 Å². The molecule has 0 heterocycles. The van der Waals surface area contributed by atoms with Crippen molar-refractivity contribution in [2.75, 3.05) is 6.61 Å². The minimum Gasteiger partial charge on any atom is -0.378 e. The first-order valence-corrected chi connectivity index (χ1v) is 9.45. The highest BCUT2D eigenvalue weighted by Gasteiger charge is 2.30. The molecule has 0 amide bonds. The normalized spacial score (nSPS) is 35.1. The summed E-state index contributed by atoms with van der Waals surface area (Å²) >= 11 is 0. The van der Waals surface area contributed by atoms with E-state index in [0.29, 0.717) is 6.10 Å². The first-order chi connectivity index (χ1) is 9.83. The molecule has 118 valence electrons. The first-order valence-electron chi connectivity index (χ1n) is 9.45. The van der Waals surface area contributed by atoms with E-state index in [2.05, 4.69) is 13.8 Å². The maximum absolute atomic E-state index is 6.01. The van der Waals surface area contributed by atoms with Crippen LogP contribution in [0.15, 0.2) is 0 Å². The van der Waals surface area contributed by atoms with Gasteiger partial charge in [-0.05, 0) is 62.7 Å². The van der Waals surface area contributed by atoms with Crippen molar-refractivity contribution in [2.45, 2.75) is 97.0 Å². The molecule has 2 fully saturated rings.